The van der Waals surface area contributed by atoms with Gasteiger partial charge in [0.15, 0.2) is 0 Å². The Morgan fingerprint density at radius 1 is 1.00 bits per heavy atom. The molecule has 0 atom stereocenters. The Morgan fingerprint density at radius 2 is 1.61 bits per heavy atom. The molecule has 2 rings (SSSR count). The van der Waals surface area contributed by atoms with Gasteiger partial charge in [0.05, 0.1) is 4.90 Å². The van der Waals surface area contributed by atoms with Crippen molar-refractivity contribution < 1.29 is 18.0 Å². The fourth-order valence-electron chi connectivity index (χ4n) is 2.55. The average Bonchev–Trinajstić information content (AvgIpc) is 2.68. The van der Waals surface area contributed by atoms with Crippen molar-refractivity contribution in [2.24, 2.45) is 0 Å². The molecule has 7 nitrogen and oxygen atoms in total. The van der Waals surface area contributed by atoms with Crippen LogP contribution in [-0.2, 0) is 21.4 Å². The summed E-state index contributed by atoms with van der Waals surface area (Å²) in [5.41, 5.74) is 2.40. The zero-order valence-corrected chi connectivity index (χ0v) is 17.0. The maximum atomic E-state index is 12.3. The molecule has 0 aliphatic heterocycles. The number of nitrogens with zero attached hydrogens (tertiary/aromatic N) is 1. The van der Waals surface area contributed by atoms with Gasteiger partial charge in [-0.3, -0.25) is 9.59 Å². The first-order valence-electron chi connectivity index (χ1n) is 8.84. The van der Waals surface area contributed by atoms with Crippen molar-refractivity contribution in [3.05, 3.63) is 65.2 Å². The van der Waals surface area contributed by atoms with Crippen LogP contribution in [-0.4, -0.2) is 45.8 Å². The zero-order valence-electron chi connectivity index (χ0n) is 16.2. The van der Waals surface area contributed by atoms with Gasteiger partial charge in [0, 0.05) is 39.2 Å². The minimum atomic E-state index is -3.63. The van der Waals surface area contributed by atoms with Crippen LogP contribution in [0.4, 0.5) is 0 Å². The third kappa shape index (κ3) is 5.90. The van der Waals surface area contributed by atoms with Gasteiger partial charge in [-0.2, -0.15) is 0 Å². The number of benzene rings is 2. The lowest BCUT2D eigenvalue weighted by Gasteiger charge is -2.17. The number of rotatable bonds is 8. The second-order valence-electron chi connectivity index (χ2n) is 6.49. The van der Waals surface area contributed by atoms with Crippen LogP contribution in [0.2, 0.25) is 0 Å². The predicted molar refractivity (Wildman–Crippen MR) is 107 cm³/mol. The summed E-state index contributed by atoms with van der Waals surface area (Å²) < 4.78 is 26.9. The van der Waals surface area contributed by atoms with Crippen LogP contribution < -0.4 is 10.0 Å². The second kappa shape index (κ2) is 9.48. The molecule has 8 heteroatoms. The smallest absolute Gasteiger partial charge is 0.251 e. The van der Waals surface area contributed by atoms with Crippen molar-refractivity contribution in [3.63, 3.8) is 0 Å². The van der Waals surface area contributed by atoms with Crippen molar-refractivity contribution in [1.29, 1.82) is 0 Å². The molecule has 0 saturated carbocycles. The summed E-state index contributed by atoms with van der Waals surface area (Å²) in [6, 6.07) is 13.5. The van der Waals surface area contributed by atoms with Gasteiger partial charge < -0.3 is 10.2 Å². The molecular formula is C20H25N3O4S. The van der Waals surface area contributed by atoms with Gasteiger partial charge in [0.25, 0.3) is 5.91 Å². The van der Waals surface area contributed by atoms with Crippen molar-refractivity contribution in [3.8, 4) is 0 Å². The maximum absolute atomic E-state index is 12.3. The number of hydrogen-bond acceptors (Lipinski definition) is 4. The summed E-state index contributed by atoms with van der Waals surface area (Å²) in [5.74, 6) is -0.348. The highest BCUT2D eigenvalue weighted by atomic mass is 32.2. The summed E-state index contributed by atoms with van der Waals surface area (Å²) in [6.45, 7) is 2.27. The summed E-state index contributed by atoms with van der Waals surface area (Å²) in [5, 5.41) is 2.55. The molecule has 0 spiro atoms. The fourth-order valence-corrected chi connectivity index (χ4v) is 3.58. The Balaban J connectivity index is 1.85. The van der Waals surface area contributed by atoms with E-state index in [1.165, 1.54) is 17.0 Å². The normalized spacial score (nSPS) is 11.1. The van der Waals surface area contributed by atoms with Crippen LogP contribution in [0.3, 0.4) is 0 Å². The largest absolute Gasteiger partial charge is 0.355 e. The number of carbonyl (C=O) groups is 2. The van der Waals surface area contributed by atoms with Gasteiger partial charge >= 0.3 is 0 Å². The van der Waals surface area contributed by atoms with Crippen molar-refractivity contribution in [2.45, 2.75) is 24.8 Å². The number of hydrogen-bond donors (Lipinski definition) is 2. The van der Waals surface area contributed by atoms with Gasteiger partial charge in [0.2, 0.25) is 15.9 Å². The molecule has 0 unspecified atom stereocenters. The molecule has 2 aromatic carbocycles. The number of carbonyl (C=O) groups excluding carboxylic acids is 2. The van der Waals surface area contributed by atoms with Gasteiger partial charge in [-0.15, -0.1) is 0 Å². The van der Waals surface area contributed by atoms with Crippen LogP contribution in [0.1, 0.15) is 27.9 Å². The molecule has 0 fully saturated rings. The van der Waals surface area contributed by atoms with E-state index in [0.717, 1.165) is 11.1 Å². The Hall–Kier alpha value is -2.71. The number of nitrogens with one attached hydrogen (secondary N) is 2. The lowest BCUT2D eigenvalue weighted by atomic mass is 10.1. The minimum absolute atomic E-state index is 0.0228. The van der Waals surface area contributed by atoms with Crippen LogP contribution in [0.15, 0.2) is 53.4 Å². The molecule has 0 heterocycles. The second-order valence-corrected chi connectivity index (χ2v) is 8.25. The molecule has 0 aliphatic rings. The monoisotopic (exact) mass is 403 g/mol. The Bertz CT molecular complexity index is 923. The number of sulfonamides is 1. The molecule has 2 amide bonds. The molecule has 2 aromatic rings. The van der Waals surface area contributed by atoms with Gasteiger partial charge in [-0.1, -0.05) is 29.8 Å². The first-order chi connectivity index (χ1) is 13.2. The number of aryl methyl sites for hydroxylation is 1. The molecule has 0 aromatic heterocycles. The summed E-state index contributed by atoms with van der Waals surface area (Å²) in [4.78, 5) is 25.5. The molecule has 150 valence electrons. The lowest BCUT2D eigenvalue weighted by Crippen LogP contribution is -2.32. The third-order valence-corrected chi connectivity index (χ3v) is 5.73. The molecule has 0 saturated heterocycles. The SMILES string of the molecule is CNC(=O)c1ccc(CN(C)C(=O)CCNS(=O)(=O)c2ccc(C)cc2)cc1. The van der Waals surface area contributed by atoms with Gasteiger partial charge in [-0.05, 0) is 36.8 Å². The highest BCUT2D eigenvalue weighted by Crippen LogP contribution is 2.10. The lowest BCUT2D eigenvalue weighted by molar-refractivity contribution is -0.130. The van der Waals surface area contributed by atoms with Crippen molar-refractivity contribution in [2.75, 3.05) is 20.6 Å². The molecule has 0 radical (unpaired) electrons. The highest BCUT2D eigenvalue weighted by Gasteiger charge is 2.15. The number of amides is 2. The van der Waals surface area contributed by atoms with Crippen LogP contribution in [0.5, 0.6) is 0 Å². The minimum Gasteiger partial charge on any atom is -0.355 e. The van der Waals surface area contributed by atoms with E-state index in [2.05, 4.69) is 10.0 Å². The van der Waals surface area contributed by atoms with Gasteiger partial charge in [-0.25, -0.2) is 13.1 Å². The third-order valence-electron chi connectivity index (χ3n) is 4.25. The Labute approximate surface area is 165 Å². The van der Waals surface area contributed by atoms with E-state index in [4.69, 9.17) is 0 Å². The first-order valence-corrected chi connectivity index (χ1v) is 10.3. The van der Waals surface area contributed by atoms with Gasteiger partial charge in [0.1, 0.15) is 0 Å². The first kappa shape index (κ1) is 21.6. The van der Waals surface area contributed by atoms with E-state index in [0.29, 0.717) is 12.1 Å². The summed E-state index contributed by atoms with van der Waals surface area (Å²) >= 11 is 0. The molecule has 0 bridgehead atoms. The summed E-state index contributed by atoms with van der Waals surface area (Å²) in [7, 11) is -0.410. The summed E-state index contributed by atoms with van der Waals surface area (Å²) in [6.07, 6.45) is 0.0535. The predicted octanol–water partition coefficient (Wildman–Crippen LogP) is 1.68. The van der Waals surface area contributed by atoms with E-state index in [-0.39, 0.29) is 29.7 Å². The average molecular weight is 404 g/mol. The fraction of sp³-hybridized carbons (Fsp3) is 0.300. The molecule has 0 aliphatic carbocycles. The van der Waals surface area contributed by atoms with Crippen LogP contribution >= 0.6 is 0 Å². The van der Waals surface area contributed by atoms with E-state index in [1.54, 1.807) is 50.5 Å². The van der Waals surface area contributed by atoms with Crippen LogP contribution in [0.25, 0.3) is 0 Å². The highest BCUT2D eigenvalue weighted by molar-refractivity contribution is 7.89. The maximum Gasteiger partial charge on any atom is 0.251 e. The van der Waals surface area contributed by atoms with Crippen LogP contribution in [0, 0.1) is 6.92 Å². The van der Waals surface area contributed by atoms with E-state index in [9.17, 15) is 18.0 Å². The van der Waals surface area contributed by atoms with Crippen molar-refractivity contribution >= 4 is 21.8 Å². The van der Waals surface area contributed by atoms with E-state index < -0.39 is 10.0 Å². The molecule has 28 heavy (non-hydrogen) atoms. The Kier molecular flexibility index (Phi) is 7.31. The van der Waals surface area contributed by atoms with E-state index >= 15 is 0 Å². The molecule has 2 N–H and O–H groups in total. The Morgan fingerprint density at radius 3 is 2.18 bits per heavy atom. The quantitative estimate of drug-likeness (QED) is 0.701. The standard InChI is InChI=1S/C20H25N3O4S/c1-15-4-10-18(11-5-15)28(26,27)22-13-12-19(24)23(3)14-16-6-8-17(9-7-16)20(25)21-2/h4-11,22H,12-14H2,1-3H3,(H,21,25). The van der Waals surface area contributed by atoms with Crippen molar-refractivity contribution in [1.82, 2.24) is 14.9 Å². The van der Waals surface area contributed by atoms with E-state index in [1.807, 2.05) is 6.92 Å². The molecular weight excluding hydrogens is 378 g/mol. The topological polar surface area (TPSA) is 95.6 Å². The zero-order chi connectivity index (χ0) is 20.7.